The van der Waals surface area contributed by atoms with Gasteiger partial charge in [-0.25, -0.2) is 4.98 Å². The van der Waals surface area contributed by atoms with Crippen LogP contribution in [-0.2, 0) is 6.42 Å². The third-order valence-corrected chi connectivity index (χ3v) is 3.59. The average Bonchev–Trinajstić information content (AvgIpc) is 2.76. The Morgan fingerprint density at radius 1 is 1.16 bits per heavy atom. The lowest BCUT2D eigenvalue weighted by Gasteiger charge is -2.14. The zero-order valence-electron chi connectivity index (χ0n) is 12.2. The van der Waals surface area contributed by atoms with Gasteiger partial charge >= 0.3 is 0 Å². The zero-order chi connectivity index (χ0) is 14.0. The fourth-order valence-corrected chi connectivity index (χ4v) is 2.56. The molecule has 0 bridgehead atoms. The highest BCUT2D eigenvalue weighted by atomic mass is 15.2. The van der Waals surface area contributed by atoms with Crippen molar-refractivity contribution in [3.8, 4) is 0 Å². The Kier molecular flexibility index (Phi) is 3.93. The van der Waals surface area contributed by atoms with Gasteiger partial charge < -0.3 is 10.3 Å². The molecule has 1 aromatic heterocycles. The number of nitrogens with two attached hydrogens (primary N) is 1. The first-order valence-electron chi connectivity index (χ1n) is 6.97. The van der Waals surface area contributed by atoms with Gasteiger partial charge in [0.25, 0.3) is 0 Å². The van der Waals surface area contributed by atoms with Gasteiger partial charge in [-0.3, -0.25) is 0 Å². The minimum absolute atomic E-state index is 0.228. The van der Waals surface area contributed by atoms with E-state index in [0.717, 1.165) is 23.8 Å². The second kappa shape index (κ2) is 5.47. The summed E-state index contributed by atoms with van der Waals surface area (Å²) in [6.45, 7) is 8.58. The van der Waals surface area contributed by atoms with E-state index in [9.17, 15) is 0 Å². The third-order valence-electron chi connectivity index (χ3n) is 3.59. The summed E-state index contributed by atoms with van der Waals surface area (Å²) in [5.41, 5.74) is 8.57. The van der Waals surface area contributed by atoms with E-state index in [0.29, 0.717) is 6.04 Å². The van der Waals surface area contributed by atoms with Crippen LogP contribution >= 0.6 is 0 Å². The molecule has 3 heteroatoms. The molecule has 1 atom stereocenters. The molecule has 19 heavy (non-hydrogen) atoms. The molecule has 102 valence electrons. The molecular formula is C16H23N3. The molecule has 2 rings (SSSR count). The van der Waals surface area contributed by atoms with Gasteiger partial charge in [0, 0.05) is 18.4 Å². The predicted molar refractivity (Wildman–Crippen MR) is 80.4 cm³/mol. The number of aryl methyl sites for hydroxylation is 1. The highest BCUT2D eigenvalue weighted by Gasteiger charge is 2.20. The SMILES string of the molecule is CCc1nc(C(C)c2ccccc2)c(N)n1C(C)C. The molecule has 0 amide bonds. The van der Waals surface area contributed by atoms with Gasteiger partial charge in [0.1, 0.15) is 11.6 Å². The van der Waals surface area contributed by atoms with Gasteiger partial charge in [0.05, 0.1) is 5.69 Å². The van der Waals surface area contributed by atoms with Crippen LogP contribution in [0.15, 0.2) is 30.3 Å². The van der Waals surface area contributed by atoms with E-state index in [2.05, 4.69) is 56.5 Å². The number of hydrogen-bond donors (Lipinski definition) is 1. The molecule has 1 aromatic carbocycles. The van der Waals surface area contributed by atoms with Gasteiger partial charge in [-0.2, -0.15) is 0 Å². The second-order valence-corrected chi connectivity index (χ2v) is 5.25. The summed E-state index contributed by atoms with van der Waals surface area (Å²) in [5.74, 6) is 2.11. The molecule has 1 heterocycles. The maximum Gasteiger partial charge on any atom is 0.127 e. The first-order chi connectivity index (χ1) is 9.06. The minimum atomic E-state index is 0.228. The Balaban J connectivity index is 2.46. The molecule has 0 spiro atoms. The summed E-state index contributed by atoms with van der Waals surface area (Å²) < 4.78 is 2.15. The minimum Gasteiger partial charge on any atom is -0.384 e. The lowest BCUT2D eigenvalue weighted by atomic mass is 9.98. The highest BCUT2D eigenvalue weighted by Crippen LogP contribution is 2.30. The molecule has 0 aliphatic rings. The number of aromatic nitrogens is 2. The van der Waals surface area contributed by atoms with Gasteiger partial charge in [0.2, 0.25) is 0 Å². The van der Waals surface area contributed by atoms with E-state index in [1.807, 2.05) is 6.07 Å². The molecule has 3 nitrogen and oxygen atoms in total. The highest BCUT2D eigenvalue weighted by molar-refractivity contribution is 5.45. The summed E-state index contributed by atoms with van der Waals surface area (Å²) in [6, 6.07) is 10.8. The van der Waals surface area contributed by atoms with E-state index < -0.39 is 0 Å². The van der Waals surface area contributed by atoms with Crippen LogP contribution < -0.4 is 5.73 Å². The second-order valence-electron chi connectivity index (χ2n) is 5.25. The molecule has 0 aliphatic carbocycles. The number of hydrogen-bond acceptors (Lipinski definition) is 2. The quantitative estimate of drug-likeness (QED) is 0.906. The van der Waals surface area contributed by atoms with Crippen molar-refractivity contribution in [2.24, 2.45) is 0 Å². The van der Waals surface area contributed by atoms with Crippen molar-refractivity contribution in [1.29, 1.82) is 0 Å². The maximum atomic E-state index is 6.32. The Bertz CT molecular complexity index is 541. The molecule has 0 aliphatic heterocycles. The molecular weight excluding hydrogens is 234 g/mol. The lowest BCUT2D eigenvalue weighted by molar-refractivity contribution is 0.579. The fourth-order valence-electron chi connectivity index (χ4n) is 2.56. The van der Waals surface area contributed by atoms with E-state index in [1.165, 1.54) is 5.56 Å². The van der Waals surface area contributed by atoms with Crippen molar-refractivity contribution in [2.75, 3.05) is 5.73 Å². The number of imidazole rings is 1. The zero-order valence-corrected chi connectivity index (χ0v) is 12.2. The third kappa shape index (κ3) is 2.50. The maximum absolute atomic E-state index is 6.32. The van der Waals surface area contributed by atoms with Crippen LogP contribution in [0.1, 0.15) is 56.7 Å². The van der Waals surface area contributed by atoms with Crippen LogP contribution in [0.25, 0.3) is 0 Å². The predicted octanol–water partition coefficient (Wildman–Crippen LogP) is 3.76. The monoisotopic (exact) mass is 257 g/mol. The van der Waals surface area contributed by atoms with E-state index in [1.54, 1.807) is 0 Å². The van der Waals surface area contributed by atoms with Crippen LogP contribution in [0, 0.1) is 0 Å². The normalized spacial score (nSPS) is 12.9. The molecule has 2 aromatic rings. The molecule has 0 radical (unpaired) electrons. The van der Waals surface area contributed by atoms with Crippen molar-refractivity contribution in [1.82, 2.24) is 9.55 Å². The van der Waals surface area contributed by atoms with Crippen LogP contribution in [0.3, 0.4) is 0 Å². The molecule has 0 saturated carbocycles. The van der Waals surface area contributed by atoms with Gasteiger partial charge in [-0.15, -0.1) is 0 Å². The van der Waals surface area contributed by atoms with Crippen molar-refractivity contribution < 1.29 is 0 Å². The van der Waals surface area contributed by atoms with Gasteiger partial charge in [-0.05, 0) is 19.4 Å². The average molecular weight is 257 g/mol. The summed E-state index contributed by atoms with van der Waals surface area (Å²) >= 11 is 0. The van der Waals surface area contributed by atoms with Crippen molar-refractivity contribution >= 4 is 5.82 Å². The number of nitrogens with zero attached hydrogens (tertiary/aromatic N) is 2. The smallest absolute Gasteiger partial charge is 0.127 e. The van der Waals surface area contributed by atoms with E-state index >= 15 is 0 Å². The van der Waals surface area contributed by atoms with E-state index in [-0.39, 0.29) is 5.92 Å². The molecule has 0 fully saturated rings. The largest absolute Gasteiger partial charge is 0.384 e. The standard InChI is InChI=1S/C16H23N3/c1-5-14-18-15(16(17)19(14)11(2)3)12(4)13-9-7-6-8-10-13/h6-12H,5,17H2,1-4H3. The van der Waals surface area contributed by atoms with Crippen molar-refractivity contribution in [3.05, 3.63) is 47.4 Å². The first-order valence-corrected chi connectivity index (χ1v) is 6.97. The Morgan fingerprint density at radius 2 is 1.79 bits per heavy atom. The topological polar surface area (TPSA) is 43.8 Å². The number of rotatable bonds is 4. The summed E-state index contributed by atoms with van der Waals surface area (Å²) in [5, 5.41) is 0. The fraction of sp³-hybridized carbons (Fsp3) is 0.438. The van der Waals surface area contributed by atoms with Gasteiger partial charge in [0.15, 0.2) is 0 Å². The Labute approximate surface area is 115 Å². The summed E-state index contributed by atoms with van der Waals surface area (Å²) in [7, 11) is 0. The van der Waals surface area contributed by atoms with Gasteiger partial charge in [-0.1, -0.05) is 44.2 Å². The lowest BCUT2D eigenvalue weighted by Crippen LogP contribution is -2.09. The number of benzene rings is 1. The molecule has 1 unspecified atom stereocenters. The number of anilines is 1. The summed E-state index contributed by atoms with van der Waals surface area (Å²) in [6.07, 6.45) is 0.907. The number of nitrogen functional groups attached to an aromatic ring is 1. The summed E-state index contributed by atoms with van der Waals surface area (Å²) in [4.78, 5) is 4.76. The van der Waals surface area contributed by atoms with Crippen molar-refractivity contribution in [2.45, 2.75) is 46.1 Å². The van der Waals surface area contributed by atoms with Crippen LogP contribution in [0.4, 0.5) is 5.82 Å². The Morgan fingerprint density at radius 3 is 2.26 bits per heavy atom. The molecule has 2 N–H and O–H groups in total. The van der Waals surface area contributed by atoms with Crippen molar-refractivity contribution in [3.63, 3.8) is 0 Å². The Hall–Kier alpha value is -1.77. The van der Waals surface area contributed by atoms with Crippen LogP contribution in [-0.4, -0.2) is 9.55 Å². The molecule has 0 saturated heterocycles. The van der Waals surface area contributed by atoms with Crippen LogP contribution in [0.5, 0.6) is 0 Å². The van der Waals surface area contributed by atoms with E-state index in [4.69, 9.17) is 10.7 Å². The van der Waals surface area contributed by atoms with Crippen LogP contribution in [0.2, 0.25) is 0 Å². The first kappa shape index (κ1) is 13.7.